The normalized spacial score (nSPS) is 19.6. The van der Waals surface area contributed by atoms with Crippen molar-refractivity contribution in [3.8, 4) is 0 Å². The zero-order valence-electron chi connectivity index (χ0n) is 17.9. The maximum Gasteiger partial charge on any atom is 0.410 e. The molecule has 1 amide bonds. The Hall–Kier alpha value is -2.22. The van der Waals surface area contributed by atoms with Gasteiger partial charge in [0.15, 0.2) is 5.13 Å². The molecule has 0 spiro atoms. The second-order valence-electron chi connectivity index (χ2n) is 8.73. The molecule has 7 nitrogen and oxygen atoms in total. The lowest BCUT2D eigenvalue weighted by Gasteiger charge is -2.35. The van der Waals surface area contributed by atoms with Gasteiger partial charge in [-0.25, -0.2) is 19.7 Å². The molecule has 0 bridgehead atoms. The van der Waals surface area contributed by atoms with E-state index in [0.717, 1.165) is 53.8 Å². The summed E-state index contributed by atoms with van der Waals surface area (Å²) in [6.45, 7) is 7.72. The summed E-state index contributed by atoms with van der Waals surface area (Å²) >= 11 is 1.61. The van der Waals surface area contributed by atoms with Crippen LogP contribution >= 0.6 is 11.3 Å². The average Bonchev–Trinajstić information content (AvgIpc) is 3.05. The maximum atomic E-state index is 12.3. The summed E-state index contributed by atoms with van der Waals surface area (Å²) in [6, 6.07) is 2.11. The van der Waals surface area contributed by atoms with Crippen LogP contribution in [-0.4, -0.2) is 44.6 Å². The molecule has 3 rings (SSSR count). The molecule has 1 aliphatic rings. The Kier molecular flexibility index (Phi) is 6.72. The number of rotatable bonds is 5. The van der Waals surface area contributed by atoms with Gasteiger partial charge in [0, 0.05) is 36.8 Å². The summed E-state index contributed by atoms with van der Waals surface area (Å²) in [4.78, 5) is 28.6. The third kappa shape index (κ3) is 6.39. The van der Waals surface area contributed by atoms with Crippen molar-refractivity contribution < 1.29 is 9.53 Å². The first-order chi connectivity index (χ1) is 13.7. The quantitative estimate of drug-likeness (QED) is 0.741. The lowest BCUT2D eigenvalue weighted by molar-refractivity contribution is 0.0172. The number of hydrogen-bond donors (Lipinski definition) is 1. The van der Waals surface area contributed by atoms with Crippen LogP contribution in [0.4, 0.5) is 15.7 Å². The van der Waals surface area contributed by atoms with Gasteiger partial charge in [0.25, 0.3) is 0 Å². The van der Waals surface area contributed by atoms with Gasteiger partial charge in [0.2, 0.25) is 0 Å². The molecule has 1 fully saturated rings. The van der Waals surface area contributed by atoms with Crippen LogP contribution in [0, 0.1) is 12.8 Å². The van der Waals surface area contributed by atoms with Crippen LogP contribution in [-0.2, 0) is 11.2 Å². The zero-order chi connectivity index (χ0) is 21.0. The van der Waals surface area contributed by atoms with E-state index in [-0.39, 0.29) is 12.1 Å². The minimum Gasteiger partial charge on any atom is -0.444 e. The fraction of sp³-hybridized carbons (Fsp3) is 0.619. The van der Waals surface area contributed by atoms with Crippen molar-refractivity contribution in [2.24, 2.45) is 5.92 Å². The van der Waals surface area contributed by atoms with E-state index in [1.165, 1.54) is 0 Å². The van der Waals surface area contributed by atoms with E-state index in [0.29, 0.717) is 5.92 Å². The van der Waals surface area contributed by atoms with Crippen molar-refractivity contribution in [3.05, 3.63) is 29.2 Å². The molecule has 2 aromatic rings. The average molecular weight is 418 g/mol. The fourth-order valence-electron chi connectivity index (χ4n) is 3.57. The Balaban J connectivity index is 1.50. The molecule has 0 aliphatic heterocycles. The maximum absolute atomic E-state index is 12.3. The molecule has 0 atom stereocenters. The topological polar surface area (TPSA) is 80.2 Å². The molecule has 1 aliphatic carbocycles. The number of thiazole rings is 1. The minimum atomic E-state index is -0.462. The van der Waals surface area contributed by atoms with Gasteiger partial charge in [-0.3, -0.25) is 0 Å². The van der Waals surface area contributed by atoms with Crippen LogP contribution in [0.25, 0.3) is 0 Å². The first-order valence-electron chi connectivity index (χ1n) is 10.2. The monoisotopic (exact) mass is 417 g/mol. The van der Waals surface area contributed by atoms with E-state index in [9.17, 15) is 4.79 Å². The molecule has 2 heterocycles. The van der Waals surface area contributed by atoms with E-state index >= 15 is 0 Å². The first-order valence-corrected chi connectivity index (χ1v) is 11.0. The van der Waals surface area contributed by atoms with Crippen LogP contribution in [0.3, 0.4) is 0 Å². The number of nitrogens with zero attached hydrogens (tertiary/aromatic N) is 4. The molecule has 2 aromatic heterocycles. The predicted octanol–water partition coefficient (Wildman–Crippen LogP) is 4.95. The highest BCUT2D eigenvalue weighted by Gasteiger charge is 2.29. The van der Waals surface area contributed by atoms with Crippen molar-refractivity contribution in [1.29, 1.82) is 0 Å². The number of nitrogens with one attached hydrogen (secondary N) is 1. The second kappa shape index (κ2) is 9.07. The van der Waals surface area contributed by atoms with E-state index in [1.807, 2.05) is 47.0 Å². The molecule has 0 radical (unpaired) electrons. The number of hydrogen-bond acceptors (Lipinski definition) is 7. The van der Waals surface area contributed by atoms with Crippen molar-refractivity contribution in [3.63, 3.8) is 0 Å². The summed E-state index contributed by atoms with van der Waals surface area (Å²) in [5, 5.41) is 4.10. The zero-order valence-corrected chi connectivity index (χ0v) is 18.8. The summed E-state index contributed by atoms with van der Waals surface area (Å²) in [7, 11) is 1.84. The largest absolute Gasteiger partial charge is 0.444 e. The van der Waals surface area contributed by atoms with E-state index in [1.54, 1.807) is 22.4 Å². The van der Waals surface area contributed by atoms with Gasteiger partial charge in [-0.05, 0) is 65.4 Å². The third-order valence-corrected chi connectivity index (χ3v) is 5.91. The van der Waals surface area contributed by atoms with Gasteiger partial charge in [-0.15, -0.1) is 11.3 Å². The SMILES string of the molecule is Cc1cnc(Nc2ccnc(CC3CCC(N(C)C(=O)OC(C)(C)C)CC3)n2)s1. The molecular formula is C21H31N5O2S. The smallest absolute Gasteiger partial charge is 0.410 e. The van der Waals surface area contributed by atoms with Crippen molar-refractivity contribution in [2.45, 2.75) is 71.4 Å². The molecule has 0 saturated heterocycles. The van der Waals surface area contributed by atoms with Gasteiger partial charge < -0.3 is 15.0 Å². The second-order valence-corrected chi connectivity index (χ2v) is 9.96. The third-order valence-electron chi connectivity index (χ3n) is 5.08. The Labute approximate surface area is 176 Å². The lowest BCUT2D eigenvalue weighted by atomic mass is 9.83. The fourth-order valence-corrected chi connectivity index (χ4v) is 4.24. The number of anilines is 2. The number of ether oxygens (including phenoxy) is 1. The van der Waals surface area contributed by atoms with E-state index < -0.39 is 5.60 Å². The Bertz CT molecular complexity index is 824. The molecule has 8 heteroatoms. The van der Waals surface area contributed by atoms with Crippen LogP contribution in [0.15, 0.2) is 18.5 Å². The number of amides is 1. The molecular weight excluding hydrogens is 386 g/mol. The molecule has 1 N–H and O–H groups in total. The van der Waals surface area contributed by atoms with Gasteiger partial charge in [-0.2, -0.15) is 0 Å². The van der Waals surface area contributed by atoms with Crippen LogP contribution in [0.5, 0.6) is 0 Å². The molecule has 158 valence electrons. The first kappa shape index (κ1) is 21.5. The lowest BCUT2D eigenvalue weighted by Crippen LogP contribution is -2.42. The van der Waals surface area contributed by atoms with Crippen molar-refractivity contribution in [1.82, 2.24) is 19.9 Å². The van der Waals surface area contributed by atoms with Crippen molar-refractivity contribution >= 4 is 28.4 Å². The summed E-state index contributed by atoms with van der Waals surface area (Å²) in [5.41, 5.74) is -0.462. The summed E-state index contributed by atoms with van der Waals surface area (Å²) in [6.07, 6.45) is 8.35. The minimum absolute atomic E-state index is 0.236. The summed E-state index contributed by atoms with van der Waals surface area (Å²) in [5.74, 6) is 2.17. The Morgan fingerprint density at radius 3 is 2.62 bits per heavy atom. The predicted molar refractivity (Wildman–Crippen MR) is 116 cm³/mol. The van der Waals surface area contributed by atoms with E-state index in [2.05, 4.69) is 20.3 Å². The van der Waals surface area contributed by atoms with Gasteiger partial charge in [0.05, 0.1) is 0 Å². The number of carbonyl (C=O) groups is 1. The number of aryl methyl sites for hydroxylation is 1. The highest BCUT2D eigenvalue weighted by molar-refractivity contribution is 7.15. The molecule has 1 saturated carbocycles. The Morgan fingerprint density at radius 2 is 2.00 bits per heavy atom. The van der Waals surface area contributed by atoms with Gasteiger partial charge in [-0.1, -0.05) is 0 Å². The highest BCUT2D eigenvalue weighted by Crippen LogP contribution is 2.30. The van der Waals surface area contributed by atoms with Crippen LogP contribution in [0.2, 0.25) is 0 Å². The number of aromatic nitrogens is 3. The highest BCUT2D eigenvalue weighted by atomic mass is 32.1. The van der Waals surface area contributed by atoms with Crippen LogP contribution in [0.1, 0.15) is 57.2 Å². The van der Waals surface area contributed by atoms with E-state index in [4.69, 9.17) is 4.74 Å². The van der Waals surface area contributed by atoms with Gasteiger partial charge in [0.1, 0.15) is 17.2 Å². The molecule has 0 aromatic carbocycles. The molecule has 0 unspecified atom stereocenters. The Morgan fingerprint density at radius 1 is 1.28 bits per heavy atom. The van der Waals surface area contributed by atoms with Gasteiger partial charge >= 0.3 is 6.09 Å². The number of carbonyl (C=O) groups excluding carboxylic acids is 1. The van der Waals surface area contributed by atoms with Crippen molar-refractivity contribution in [2.75, 3.05) is 12.4 Å². The van der Waals surface area contributed by atoms with Crippen LogP contribution < -0.4 is 5.32 Å². The molecule has 29 heavy (non-hydrogen) atoms. The summed E-state index contributed by atoms with van der Waals surface area (Å²) < 4.78 is 5.49. The standard InChI is InChI=1S/C21H31N5O2S/c1-14-13-23-19(29-14)25-17-10-11-22-18(24-17)12-15-6-8-16(9-7-15)26(5)20(27)28-21(2,3)4/h10-11,13,15-16H,6-9,12H2,1-5H3,(H,22,23,24,25).